The zero-order chi connectivity index (χ0) is 18.4. The molecule has 7 nitrogen and oxygen atoms in total. The van der Waals surface area contributed by atoms with Crippen LogP contribution in [0.5, 0.6) is 5.88 Å². The Balaban J connectivity index is 1.55. The van der Waals surface area contributed by atoms with Gasteiger partial charge in [0.2, 0.25) is 5.88 Å². The van der Waals surface area contributed by atoms with Crippen LogP contribution in [0.3, 0.4) is 0 Å². The van der Waals surface area contributed by atoms with Gasteiger partial charge in [0.1, 0.15) is 12.1 Å². The Kier molecular flexibility index (Phi) is 4.01. The molecule has 3 aromatic heterocycles. The second kappa shape index (κ2) is 6.23. The molecule has 0 unspecified atom stereocenters. The number of aryl methyl sites for hydroxylation is 4. The van der Waals surface area contributed by atoms with Crippen molar-refractivity contribution >= 4 is 0 Å². The first-order valence-electron chi connectivity index (χ1n) is 8.83. The van der Waals surface area contributed by atoms with Crippen LogP contribution in [0.15, 0.2) is 16.9 Å². The Hall–Kier alpha value is -2.70. The molecule has 1 aliphatic rings. The standard InChI is InChI=1S/C19H23N5O2/c1-10-18(11(2)24(5)23-10)16-7-20-12(3)21-19(16)26-8-14-6-15(14)17-9-25-13(4)22-17/h7,9,14-15H,6,8H2,1-5H3/t14-,15+/m1/s1. The molecule has 136 valence electrons. The van der Waals surface area contributed by atoms with Crippen LogP contribution in [-0.2, 0) is 7.05 Å². The maximum Gasteiger partial charge on any atom is 0.224 e. The first kappa shape index (κ1) is 16.8. The van der Waals surface area contributed by atoms with Crippen molar-refractivity contribution in [3.8, 4) is 17.0 Å². The highest BCUT2D eigenvalue weighted by Crippen LogP contribution is 2.47. The van der Waals surface area contributed by atoms with Crippen LogP contribution >= 0.6 is 0 Å². The summed E-state index contributed by atoms with van der Waals surface area (Å²) < 4.78 is 13.3. The van der Waals surface area contributed by atoms with Gasteiger partial charge < -0.3 is 9.15 Å². The second-order valence-electron chi connectivity index (χ2n) is 7.01. The Morgan fingerprint density at radius 3 is 2.69 bits per heavy atom. The molecule has 0 aromatic carbocycles. The molecular weight excluding hydrogens is 330 g/mol. The maximum absolute atomic E-state index is 6.13. The molecule has 0 N–H and O–H groups in total. The summed E-state index contributed by atoms with van der Waals surface area (Å²) in [5.74, 6) is 2.89. The highest BCUT2D eigenvalue weighted by atomic mass is 16.5. The normalized spacial score (nSPS) is 19.0. The lowest BCUT2D eigenvalue weighted by atomic mass is 10.1. The fourth-order valence-electron chi connectivity index (χ4n) is 3.42. The van der Waals surface area contributed by atoms with E-state index in [0.29, 0.717) is 36.0 Å². The van der Waals surface area contributed by atoms with Gasteiger partial charge in [0.15, 0.2) is 5.89 Å². The highest BCUT2D eigenvalue weighted by Gasteiger charge is 2.41. The number of aromatic nitrogens is 5. The average Bonchev–Trinajstić information content (AvgIpc) is 3.17. The van der Waals surface area contributed by atoms with E-state index in [2.05, 4.69) is 20.1 Å². The van der Waals surface area contributed by atoms with Crippen LogP contribution in [-0.4, -0.2) is 31.3 Å². The topological polar surface area (TPSA) is 78.9 Å². The van der Waals surface area contributed by atoms with Crippen LogP contribution in [0.1, 0.15) is 41.1 Å². The lowest BCUT2D eigenvalue weighted by Gasteiger charge is -2.11. The maximum atomic E-state index is 6.13. The first-order valence-corrected chi connectivity index (χ1v) is 8.83. The SMILES string of the molecule is Cc1ncc(-c2c(C)nn(C)c2C)c(OC[C@H]2C[C@@H]2c2coc(C)n2)n1. The largest absolute Gasteiger partial charge is 0.477 e. The average molecular weight is 353 g/mol. The molecule has 0 bridgehead atoms. The third-order valence-electron chi connectivity index (χ3n) is 5.03. The quantitative estimate of drug-likeness (QED) is 0.700. The highest BCUT2D eigenvalue weighted by molar-refractivity contribution is 5.72. The minimum Gasteiger partial charge on any atom is -0.477 e. The Morgan fingerprint density at radius 2 is 2.04 bits per heavy atom. The number of rotatable bonds is 5. The third-order valence-corrected chi connectivity index (χ3v) is 5.03. The molecule has 1 saturated carbocycles. The molecule has 3 heterocycles. The molecule has 0 spiro atoms. The van der Waals surface area contributed by atoms with Crippen LogP contribution in [0, 0.1) is 33.6 Å². The third kappa shape index (κ3) is 2.98. The second-order valence-corrected chi connectivity index (χ2v) is 7.01. The minimum atomic E-state index is 0.417. The van der Waals surface area contributed by atoms with Gasteiger partial charge in [-0.15, -0.1) is 0 Å². The van der Waals surface area contributed by atoms with Gasteiger partial charge in [-0.1, -0.05) is 0 Å². The molecule has 3 aromatic rings. The molecule has 1 fully saturated rings. The number of nitrogens with zero attached hydrogens (tertiary/aromatic N) is 5. The molecule has 0 saturated heterocycles. The molecule has 4 rings (SSSR count). The number of hydrogen-bond acceptors (Lipinski definition) is 6. The summed E-state index contributed by atoms with van der Waals surface area (Å²) in [7, 11) is 1.94. The summed E-state index contributed by atoms with van der Waals surface area (Å²) in [5.41, 5.74) is 4.98. The van der Waals surface area contributed by atoms with Crippen molar-refractivity contribution in [3.05, 3.63) is 41.3 Å². The van der Waals surface area contributed by atoms with Gasteiger partial charge in [-0.3, -0.25) is 4.68 Å². The van der Waals surface area contributed by atoms with E-state index in [1.54, 1.807) is 6.26 Å². The first-order chi connectivity index (χ1) is 12.4. The Bertz CT molecular complexity index is 959. The van der Waals surface area contributed by atoms with Gasteiger partial charge in [0, 0.05) is 43.3 Å². The molecule has 26 heavy (non-hydrogen) atoms. The van der Waals surface area contributed by atoms with Gasteiger partial charge in [0.05, 0.1) is 23.6 Å². The van der Waals surface area contributed by atoms with E-state index >= 15 is 0 Å². The summed E-state index contributed by atoms with van der Waals surface area (Å²) >= 11 is 0. The summed E-state index contributed by atoms with van der Waals surface area (Å²) in [6, 6.07) is 0. The molecule has 2 atom stereocenters. The van der Waals surface area contributed by atoms with Gasteiger partial charge >= 0.3 is 0 Å². The van der Waals surface area contributed by atoms with E-state index in [9.17, 15) is 0 Å². The Labute approximate surface area is 152 Å². The van der Waals surface area contributed by atoms with E-state index in [1.165, 1.54) is 0 Å². The fourth-order valence-corrected chi connectivity index (χ4v) is 3.42. The molecular formula is C19H23N5O2. The van der Waals surface area contributed by atoms with Crippen molar-refractivity contribution in [1.82, 2.24) is 24.7 Å². The van der Waals surface area contributed by atoms with Gasteiger partial charge in [-0.25, -0.2) is 9.97 Å². The van der Waals surface area contributed by atoms with Crippen molar-refractivity contribution in [1.29, 1.82) is 0 Å². The summed E-state index contributed by atoms with van der Waals surface area (Å²) in [5, 5.41) is 4.50. The smallest absolute Gasteiger partial charge is 0.224 e. The van der Waals surface area contributed by atoms with Crippen molar-refractivity contribution < 1.29 is 9.15 Å². The minimum absolute atomic E-state index is 0.417. The summed E-state index contributed by atoms with van der Waals surface area (Å²) in [6.45, 7) is 8.39. The predicted octanol–water partition coefficient (Wildman–Crippen LogP) is 3.28. The van der Waals surface area contributed by atoms with E-state index < -0.39 is 0 Å². The van der Waals surface area contributed by atoms with Crippen molar-refractivity contribution in [2.75, 3.05) is 6.61 Å². The van der Waals surface area contributed by atoms with Crippen molar-refractivity contribution in [2.24, 2.45) is 13.0 Å². The monoisotopic (exact) mass is 353 g/mol. The van der Waals surface area contributed by atoms with E-state index in [1.807, 2.05) is 45.6 Å². The van der Waals surface area contributed by atoms with Gasteiger partial charge in [-0.2, -0.15) is 10.1 Å². The number of oxazole rings is 1. The van der Waals surface area contributed by atoms with Crippen molar-refractivity contribution in [3.63, 3.8) is 0 Å². The van der Waals surface area contributed by atoms with E-state index in [-0.39, 0.29) is 0 Å². The van der Waals surface area contributed by atoms with Crippen LogP contribution < -0.4 is 4.74 Å². The zero-order valence-corrected chi connectivity index (χ0v) is 15.8. The summed E-state index contributed by atoms with van der Waals surface area (Å²) in [6.07, 6.45) is 4.65. The van der Waals surface area contributed by atoms with Crippen LogP contribution in [0.2, 0.25) is 0 Å². The number of ether oxygens (including phenoxy) is 1. The number of hydrogen-bond donors (Lipinski definition) is 0. The van der Waals surface area contributed by atoms with Gasteiger partial charge in [-0.05, 0) is 27.2 Å². The molecule has 7 heteroatoms. The molecule has 0 radical (unpaired) electrons. The van der Waals surface area contributed by atoms with Crippen LogP contribution in [0.4, 0.5) is 0 Å². The van der Waals surface area contributed by atoms with Gasteiger partial charge in [0.25, 0.3) is 0 Å². The predicted molar refractivity (Wildman–Crippen MR) is 96.0 cm³/mol. The summed E-state index contributed by atoms with van der Waals surface area (Å²) in [4.78, 5) is 13.3. The molecule has 1 aliphatic carbocycles. The van der Waals surface area contributed by atoms with Crippen molar-refractivity contribution in [2.45, 2.75) is 40.0 Å². The lowest BCUT2D eigenvalue weighted by molar-refractivity contribution is 0.285. The Morgan fingerprint density at radius 1 is 1.23 bits per heavy atom. The van der Waals surface area contributed by atoms with Crippen LogP contribution in [0.25, 0.3) is 11.1 Å². The van der Waals surface area contributed by atoms with E-state index in [0.717, 1.165) is 34.6 Å². The molecule has 0 aliphatic heterocycles. The van der Waals surface area contributed by atoms with E-state index in [4.69, 9.17) is 9.15 Å². The zero-order valence-electron chi connectivity index (χ0n) is 15.8. The molecule has 0 amide bonds. The lowest BCUT2D eigenvalue weighted by Crippen LogP contribution is -2.06. The fraction of sp³-hybridized carbons (Fsp3) is 0.474.